The van der Waals surface area contributed by atoms with Gasteiger partial charge in [-0.15, -0.1) is 0 Å². The highest BCUT2D eigenvalue weighted by atomic mass is 32.2. The van der Waals surface area contributed by atoms with E-state index in [2.05, 4.69) is 11.9 Å². The van der Waals surface area contributed by atoms with E-state index in [1.165, 1.54) is 25.7 Å². The summed E-state index contributed by atoms with van der Waals surface area (Å²) in [6.45, 7) is 3.75. The third-order valence-electron chi connectivity index (χ3n) is 4.35. The second-order valence-electron chi connectivity index (χ2n) is 6.42. The Balaban J connectivity index is 1.58. The second-order valence-corrected chi connectivity index (χ2v) is 7.48. The molecule has 1 aromatic carbocycles. The Morgan fingerprint density at radius 1 is 1.28 bits per heavy atom. The Hall–Kier alpha value is -1.75. The number of nitrogens with zero attached hydrogens (tertiary/aromatic N) is 2. The van der Waals surface area contributed by atoms with Crippen molar-refractivity contribution in [2.45, 2.75) is 45.4 Å². The van der Waals surface area contributed by atoms with Gasteiger partial charge in [0.15, 0.2) is 5.17 Å². The summed E-state index contributed by atoms with van der Waals surface area (Å²) in [6, 6.07) is 7.90. The monoisotopic (exact) mass is 358 g/mol. The van der Waals surface area contributed by atoms with Gasteiger partial charge in [-0.1, -0.05) is 56.5 Å². The van der Waals surface area contributed by atoms with Gasteiger partial charge >= 0.3 is 0 Å². The van der Waals surface area contributed by atoms with E-state index in [0.717, 1.165) is 48.2 Å². The molecule has 134 valence electrons. The molecule has 0 aliphatic carbocycles. The highest BCUT2D eigenvalue weighted by Crippen LogP contribution is 2.28. The molecule has 25 heavy (non-hydrogen) atoms. The van der Waals surface area contributed by atoms with Crippen molar-refractivity contribution in [1.82, 2.24) is 4.90 Å². The van der Waals surface area contributed by atoms with Gasteiger partial charge in [0, 0.05) is 12.3 Å². The molecule has 1 aromatic rings. The SMILES string of the molecule is CCCCCCCOc1cccc(/C=C2\N=C3SCCCN3C2=O)c1. The molecule has 1 fully saturated rings. The van der Waals surface area contributed by atoms with Crippen LogP contribution in [0.4, 0.5) is 0 Å². The molecule has 0 bridgehead atoms. The summed E-state index contributed by atoms with van der Waals surface area (Å²) in [6.07, 6.45) is 9.04. The number of aliphatic imine (C=N–C) groups is 1. The van der Waals surface area contributed by atoms with Gasteiger partial charge in [-0.3, -0.25) is 9.69 Å². The smallest absolute Gasteiger partial charge is 0.278 e. The maximum absolute atomic E-state index is 12.4. The molecule has 0 unspecified atom stereocenters. The molecule has 0 aromatic heterocycles. The standard InChI is InChI=1S/C20H26N2O2S/c1-2-3-4-5-6-12-24-17-10-7-9-16(14-17)15-18-19(23)22-11-8-13-25-20(22)21-18/h7,9-10,14-15H,2-6,8,11-13H2,1H3/b18-15-. The van der Waals surface area contributed by atoms with Gasteiger partial charge in [0.1, 0.15) is 11.4 Å². The topological polar surface area (TPSA) is 41.9 Å². The van der Waals surface area contributed by atoms with Crippen LogP contribution >= 0.6 is 11.8 Å². The number of rotatable bonds is 8. The van der Waals surface area contributed by atoms with Crippen LogP contribution in [0.2, 0.25) is 0 Å². The van der Waals surface area contributed by atoms with Crippen molar-refractivity contribution in [2.75, 3.05) is 18.9 Å². The second kappa shape index (κ2) is 9.09. The maximum Gasteiger partial charge on any atom is 0.278 e. The van der Waals surface area contributed by atoms with Crippen LogP contribution in [0.25, 0.3) is 6.08 Å². The van der Waals surface area contributed by atoms with Gasteiger partial charge in [-0.25, -0.2) is 4.99 Å². The summed E-state index contributed by atoms with van der Waals surface area (Å²) in [4.78, 5) is 18.7. The first-order chi connectivity index (χ1) is 12.3. The largest absolute Gasteiger partial charge is 0.494 e. The van der Waals surface area contributed by atoms with Crippen LogP contribution in [-0.2, 0) is 4.79 Å². The molecule has 0 radical (unpaired) electrons. The zero-order valence-corrected chi connectivity index (χ0v) is 15.7. The molecular weight excluding hydrogens is 332 g/mol. The first-order valence-electron chi connectivity index (χ1n) is 9.26. The van der Waals surface area contributed by atoms with Crippen molar-refractivity contribution in [3.05, 3.63) is 35.5 Å². The van der Waals surface area contributed by atoms with Gasteiger partial charge in [0.05, 0.1) is 6.61 Å². The number of amides is 1. The summed E-state index contributed by atoms with van der Waals surface area (Å²) >= 11 is 1.66. The van der Waals surface area contributed by atoms with Crippen LogP contribution < -0.4 is 4.74 Å². The average molecular weight is 359 g/mol. The minimum absolute atomic E-state index is 0.0180. The molecule has 2 heterocycles. The van der Waals surface area contributed by atoms with Crippen molar-refractivity contribution in [2.24, 2.45) is 4.99 Å². The number of carbonyl (C=O) groups is 1. The lowest BCUT2D eigenvalue weighted by Crippen LogP contribution is -2.34. The zero-order chi connectivity index (χ0) is 17.5. The van der Waals surface area contributed by atoms with E-state index in [9.17, 15) is 4.79 Å². The van der Waals surface area contributed by atoms with Crippen LogP contribution in [0.1, 0.15) is 51.0 Å². The molecule has 1 amide bonds. The predicted octanol–water partition coefficient (Wildman–Crippen LogP) is 4.71. The van der Waals surface area contributed by atoms with Crippen molar-refractivity contribution >= 4 is 28.9 Å². The minimum atomic E-state index is 0.0180. The molecule has 2 aliphatic rings. The van der Waals surface area contributed by atoms with Gasteiger partial charge in [0.25, 0.3) is 5.91 Å². The third kappa shape index (κ3) is 4.88. The highest BCUT2D eigenvalue weighted by Gasteiger charge is 2.32. The van der Waals surface area contributed by atoms with Crippen LogP contribution in [0.5, 0.6) is 5.75 Å². The molecule has 0 spiro atoms. The Morgan fingerprint density at radius 3 is 3.00 bits per heavy atom. The number of carbonyl (C=O) groups excluding carboxylic acids is 1. The number of hydrogen-bond acceptors (Lipinski definition) is 4. The number of hydrogen-bond donors (Lipinski definition) is 0. The first kappa shape index (κ1) is 18.1. The number of amidine groups is 1. The molecule has 0 saturated carbocycles. The Kier molecular flexibility index (Phi) is 6.56. The molecule has 2 aliphatic heterocycles. The number of unbranched alkanes of at least 4 members (excludes halogenated alkanes) is 4. The van der Waals surface area contributed by atoms with E-state index in [1.807, 2.05) is 30.3 Å². The molecule has 1 saturated heterocycles. The maximum atomic E-state index is 12.4. The van der Waals surface area contributed by atoms with Crippen LogP contribution in [0.3, 0.4) is 0 Å². The number of benzene rings is 1. The predicted molar refractivity (Wildman–Crippen MR) is 105 cm³/mol. The fourth-order valence-corrected chi connectivity index (χ4v) is 3.92. The number of thioether (sulfide) groups is 1. The molecule has 5 heteroatoms. The lowest BCUT2D eigenvalue weighted by molar-refractivity contribution is -0.122. The molecular formula is C20H26N2O2S. The molecule has 0 atom stereocenters. The van der Waals surface area contributed by atoms with Crippen molar-refractivity contribution in [1.29, 1.82) is 0 Å². The van der Waals surface area contributed by atoms with E-state index >= 15 is 0 Å². The van der Waals surface area contributed by atoms with E-state index in [0.29, 0.717) is 5.70 Å². The van der Waals surface area contributed by atoms with Gasteiger partial charge < -0.3 is 4.74 Å². The summed E-state index contributed by atoms with van der Waals surface area (Å²) < 4.78 is 5.85. The van der Waals surface area contributed by atoms with E-state index in [1.54, 1.807) is 16.7 Å². The van der Waals surface area contributed by atoms with Gasteiger partial charge in [0.2, 0.25) is 0 Å². The van der Waals surface area contributed by atoms with Crippen LogP contribution in [0, 0.1) is 0 Å². The van der Waals surface area contributed by atoms with E-state index in [4.69, 9.17) is 4.74 Å². The fraction of sp³-hybridized carbons (Fsp3) is 0.500. The highest BCUT2D eigenvalue weighted by molar-refractivity contribution is 8.13. The number of ether oxygens (including phenoxy) is 1. The van der Waals surface area contributed by atoms with Crippen molar-refractivity contribution in [3.63, 3.8) is 0 Å². The van der Waals surface area contributed by atoms with Crippen LogP contribution in [-0.4, -0.2) is 34.9 Å². The summed E-state index contributed by atoms with van der Waals surface area (Å²) in [5.74, 6) is 1.91. The summed E-state index contributed by atoms with van der Waals surface area (Å²) in [5, 5.41) is 0.849. The van der Waals surface area contributed by atoms with E-state index in [-0.39, 0.29) is 5.91 Å². The lowest BCUT2D eigenvalue weighted by atomic mass is 10.1. The lowest BCUT2D eigenvalue weighted by Gasteiger charge is -2.21. The fourth-order valence-electron chi connectivity index (χ4n) is 2.97. The normalized spacial score (nSPS) is 18.4. The third-order valence-corrected chi connectivity index (χ3v) is 5.41. The van der Waals surface area contributed by atoms with Crippen molar-refractivity contribution in [3.8, 4) is 5.75 Å². The quantitative estimate of drug-likeness (QED) is 0.499. The Bertz CT molecular complexity index is 669. The number of fused-ring (bicyclic) bond motifs is 1. The summed E-state index contributed by atoms with van der Waals surface area (Å²) in [5.41, 5.74) is 1.49. The molecule has 0 N–H and O–H groups in total. The molecule has 4 nitrogen and oxygen atoms in total. The average Bonchev–Trinajstić information content (AvgIpc) is 2.94. The Labute approximate surface area is 154 Å². The van der Waals surface area contributed by atoms with E-state index < -0.39 is 0 Å². The first-order valence-corrected chi connectivity index (χ1v) is 10.2. The zero-order valence-electron chi connectivity index (χ0n) is 14.9. The van der Waals surface area contributed by atoms with Gasteiger partial charge in [-0.2, -0.15) is 0 Å². The summed E-state index contributed by atoms with van der Waals surface area (Å²) in [7, 11) is 0. The minimum Gasteiger partial charge on any atom is -0.494 e. The molecule has 3 rings (SSSR count). The van der Waals surface area contributed by atoms with Crippen molar-refractivity contribution < 1.29 is 9.53 Å². The Morgan fingerprint density at radius 2 is 2.16 bits per heavy atom. The van der Waals surface area contributed by atoms with Crippen LogP contribution in [0.15, 0.2) is 35.0 Å². The van der Waals surface area contributed by atoms with Gasteiger partial charge in [-0.05, 0) is 36.6 Å².